The average molecular weight is 180 g/mol. The van der Waals surface area contributed by atoms with E-state index in [9.17, 15) is 9.18 Å². The van der Waals surface area contributed by atoms with Gasteiger partial charge in [-0.2, -0.15) is 0 Å². The van der Waals surface area contributed by atoms with Gasteiger partial charge >= 0.3 is 0 Å². The summed E-state index contributed by atoms with van der Waals surface area (Å²) in [6, 6.07) is 4.30. The molecule has 3 N–H and O–H groups in total. The van der Waals surface area contributed by atoms with Crippen LogP contribution < -0.4 is 11.1 Å². The molecule has 3 nitrogen and oxygen atoms in total. The van der Waals surface area contributed by atoms with Gasteiger partial charge in [0.05, 0.1) is 6.42 Å². The number of amides is 1. The first-order chi connectivity index (χ1) is 6.16. The quantitative estimate of drug-likeness (QED) is 0.609. The fourth-order valence-electron chi connectivity index (χ4n) is 1.49. The van der Waals surface area contributed by atoms with Gasteiger partial charge in [0.15, 0.2) is 0 Å². The lowest BCUT2D eigenvalue weighted by Gasteiger charge is -2.22. The lowest BCUT2D eigenvalue weighted by Crippen LogP contribution is -2.39. The highest BCUT2D eigenvalue weighted by atomic mass is 19.1. The van der Waals surface area contributed by atoms with E-state index in [4.69, 9.17) is 5.73 Å². The highest BCUT2D eigenvalue weighted by Gasteiger charge is 2.21. The SMILES string of the molecule is NC1NC(=O)Cc2ccc(F)cc21. The molecule has 0 aliphatic carbocycles. The van der Waals surface area contributed by atoms with Crippen LogP contribution in [-0.4, -0.2) is 5.91 Å². The minimum atomic E-state index is -0.577. The summed E-state index contributed by atoms with van der Waals surface area (Å²) >= 11 is 0. The average Bonchev–Trinajstić information content (AvgIpc) is 2.06. The monoisotopic (exact) mass is 180 g/mol. The second kappa shape index (κ2) is 2.81. The molecule has 1 amide bonds. The van der Waals surface area contributed by atoms with Gasteiger partial charge in [0.2, 0.25) is 5.91 Å². The molecule has 1 heterocycles. The van der Waals surface area contributed by atoms with E-state index < -0.39 is 6.17 Å². The van der Waals surface area contributed by atoms with Crippen molar-refractivity contribution >= 4 is 5.91 Å². The van der Waals surface area contributed by atoms with Crippen LogP contribution >= 0.6 is 0 Å². The van der Waals surface area contributed by atoms with E-state index in [1.807, 2.05) is 0 Å². The Kier molecular flexibility index (Phi) is 1.77. The molecule has 0 aromatic heterocycles. The molecule has 2 rings (SSSR count). The number of benzene rings is 1. The number of halogens is 1. The molecule has 4 heteroatoms. The summed E-state index contributed by atoms with van der Waals surface area (Å²) in [4.78, 5) is 11.0. The van der Waals surface area contributed by atoms with Crippen LogP contribution in [0.25, 0.3) is 0 Å². The minimum Gasteiger partial charge on any atom is -0.337 e. The predicted octanol–water partition coefficient (Wildman–Crippen LogP) is 0.455. The van der Waals surface area contributed by atoms with Gasteiger partial charge in [0.25, 0.3) is 0 Å². The summed E-state index contributed by atoms with van der Waals surface area (Å²) < 4.78 is 12.8. The molecular formula is C9H9FN2O. The van der Waals surface area contributed by atoms with Gasteiger partial charge in [-0.05, 0) is 23.3 Å². The molecule has 0 saturated carbocycles. The van der Waals surface area contributed by atoms with Crippen molar-refractivity contribution in [2.45, 2.75) is 12.6 Å². The molecule has 1 aromatic carbocycles. The number of hydrogen-bond donors (Lipinski definition) is 2. The predicted molar refractivity (Wildman–Crippen MR) is 45.2 cm³/mol. The lowest BCUT2D eigenvalue weighted by molar-refractivity contribution is -0.121. The molecule has 0 bridgehead atoms. The molecule has 0 spiro atoms. The lowest BCUT2D eigenvalue weighted by atomic mass is 9.98. The first-order valence-corrected chi connectivity index (χ1v) is 4.00. The maximum absolute atomic E-state index is 12.8. The highest BCUT2D eigenvalue weighted by molar-refractivity contribution is 5.81. The number of rotatable bonds is 0. The summed E-state index contributed by atoms with van der Waals surface area (Å²) in [7, 11) is 0. The van der Waals surface area contributed by atoms with Crippen molar-refractivity contribution in [2.24, 2.45) is 5.73 Å². The number of nitrogens with two attached hydrogens (primary N) is 1. The molecular weight excluding hydrogens is 171 g/mol. The molecule has 0 radical (unpaired) electrons. The van der Waals surface area contributed by atoms with Gasteiger partial charge in [-0.1, -0.05) is 6.07 Å². The van der Waals surface area contributed by atoms with E-state index in [2.05, 4.69) is 5.32 Å². The third-order valence-corrected chi connectivity index (χ3v) is 2.11. The normalized spacial score (nSPS) is 20.8. The fourth-order valence-corrected chi connectivity index (χ4v) is 1.49. The summed E-state index contributed by atoms with van der Waals surface area (Å²) in [5.41, 5.74) is 7.08. The Bertz CT molecular complexity index is 365. The molecule has 68 valence electrons. The maximum Gasteiger partial charge on any atom is 0.225 e. The molecule has 0 saturated heterocycles. The van der Waals surface area contributed by atoms with E-state index in [1.165, 1.54) is 12.1 Å². The number of carbonyl (C=O) groups excluding carboxylic acids is 1. The molecule has 1 unspecified atom stereocenters. The van der Waals surface area contributed by atoms with Gasteiger partial charge < -0.3 is 11.1 Å². The van der Waals surface area contributed by atoms with Crippen LogP contribution in [0.3, 0.4) is 0 Å². The second-order valence-corrected chi connectivity index (χ2v) is 3.07. The maximum atomic E-state index is 12.8. The van der Waals surface area contributed by atoms with Crippen LogP contribution in [0.5, 0.6) is 0 Å². The number of fused-ring (bicyclic) bond motifs is 1. The highest BCUT2D eigenvalue weighted by Crippen LogP contribution is 2.20. The van der Waals surface area contributed by atoms with Gasteiger partial charge in [-0.3, -0.25) is 4.79 Å². The third-order valence-electron chi connectivity index (χ3n) is 2.11. The van der Waals surface area contributed by atoms with Crippen molar-refractivity contribution in [3.63, 3.8) is 0 Å². The summed E-state index contributed by atoms with van der Waals surface area (Å²) in [6.45, 7) is 0. The zero-order valence-electron chi connectivity index (χ0n) is 6.88. The number of hydrogen-bond acceptors (Lipinski definition) is 2. The summed E-state index contributed by atoms with van der Waals surface area (Å²) in [5.74, 6) is -0.447. The van der Waals surface area contributed by atoms with E-state index in [0.717, 1.165) is 5.56 Å². The van der Waals surface area contributed by atoms with Crippen molar-refractivity contribution in [2.75, 3.05) is 0 Å². The summed E-state index contributed by atoms with van der Waals surface area (Å²) in [5, 5.41) is 2.53. The van der Waals surface area contributed by atoms with Crippen molar-refractivity contribution < 1.29 is 9.18 Å². The van der Waals surface area contributed by atoms with Crippen LogP contribution in [0.1, 0.15) is 17.3 Å². The van der Waals surface area contributed by atoms with Crippen molar-refractivity contribution in [3.8, 4) is 0 Å². The van der Waals surface area contributed by atoms with Crippen molar-refractivity contribution in [1.29, 1.82) is 0 Å². The van der Waals surface area contributed by atoms with E-state index in [0.29, 0.717) is 5.56 Å². The Morgan fingerprint density at radius 2 is 2.31 bits per heavy atom. The third kappa shape index (κ3) is 1.40. The zero-order chi connectivity index (χ0) is 9.42. The van der Waals surface area contributed by atoms with Gasteiger partial charge in [-0.25, -0.2) is 4.39 Å². The molecule has 13 heavy (non-hydrogen) atoms. The molecule has 1 aliphatic rings. The second-order valence-electron chi connectivity index (χ2n) is 3.07. The number of carbonyl (C=O) groups is 1. The van der Waals surface area contributed by atoms with Crippen LogP contribution in [0, 0.1) is 5.82 Å². The van der Waals surface area contributed by atoms with Crippen molar-refractivity contribution in [1.82, 2.24) is 5.32 Å². The molecule has 1 atom stereocenters. The first kappa shape index (κ1) is 8.19. The molecule has 1 aliphatic heterocycles. The molecule has 0 fully saturated rings. The standard InChI is InChI=1S/C9H9FN2O/c10-6-2-1-5-3-8(13)12-9(11)7(5)4-6/h1-2,4,9H,3,11H2,(H,12,13). The number of nitrogens with one attached hydrogen (secondary N) is 1. The fraction of sp³-hybridized carbons (Fsp3) is 0.222. The summed E-state index contributed by atoms with van der Waals surface area (Å²) in [6.07, 6.45) is -0.296. The Morgan fingerprint density at radius 1 is 1.54 bits per heavy atom. The minimum absolute atomic E-state index is 0.119. The Morgan fingerprint density at radius 3 is 3.08 bits per heavy atom. The molecule has 1 aromatic rings. The topological polar surface area (TPSA) is 55.1 Å². The smallest absolute Gasteiger partial charge is 0.225 e. The van der Waals surface area contributed by atoms with E-state index >= 15 is 0 Å². The van der Waals surface area contributed by atoms with Gasteiger partial charge in [0.1, 0.15) is 12.0 Å². The van der Waals surface area contributed by atoms with Gasteiger partial charge in [-0.15, -0.1) is 0 Å². The van der Waals surface area contributed by atoms with Crippen LogP contribution in [0.2, 0.25) is 0 Å². The zero-order valence-corrected chi connectivity index (χ0v) is 6.88. The van der Waals surface area contributed by atoms with E-state index in [1.54, 1.807) is 6.07 Å². The van der Waals surface area contributed by atoms with Crippen LogP contribution in [0.4, 0.5) is 4.39 Å². The Balaban J connectivity index is 2.49. The first-order valence-electron chi connectivity index (χ1n) is 4.00. The largest absolute Gasteiger partial charge is 0.337 e. The Labute approximate surface area is 74.7 Å². The van der Waals surface area contributed by atoms with E-state index in [-0.39, 0.29) is 18.1 Å². The Hall–Kier alpha value is -1.42. The van der Waals surface area contributed by atoms with Crippen molar-refractivity contribution in [3.05, 3.63) is 35.1 Å². The van der Waals surface area contributed by atoms with Crippen LogP contribution in [0.15, 0.2) is 18.2 Å². The van der Waals surface area contributed by atoms with Gasteiger partial charge in [0, 0.05) is 0 Å². The van der Waals surface area contributed by atoms with Crippen LogP contribution in [-0.2, 0) is 11.2 Å².